The van der Waals surface area contributed by atoms with E-state index in [4.69, 9.17) is 0 Å². The van der Waals surface area contributed by atoms with Crippen LogP contribution in [-0.4, -0.2) is 10.8 Å². The maximum Gasteiger partial charge on any atom is 0.195 e. The maximum atomic E-state index is 13.1. The first-order valence-electron chi connectivity index (χ1n) is 6.01. The average molecular weight is 283 g/mol. The summed E-state index contributed by atoms with van der Waals surface area (Å²) in [6.07, 6.45) is 2.98. The maximum absolute atomic E-state index is 13.1. The molecule has 0 N–H and O–H groups in total. The van der Waals surface area contributed by atoms with Crippen molar-refractivity contribution in [3.05, 3.63) is 65.9 Å². The van der Waals surface area contributed by atoms with Crippen LogP contribution in [0.1, 0.15) is 9.67 Å². The van der Waals surface area contributed by atoms with Crippen LogP contribution in [0.2, 0.25) is 0 Å². The van der Waals surface area contributed by atoms with Crippen molar-refractivity contribution in [3.8, 4) is 11.1 Å². The van der Waals surface area contributed by atoms with Crippen LogP contribution in [-0.2, 0) is 0 Å². The first-order valence-corrected chi connectivity index (χ1v) is 6.82. The molecular formula is C16H10FNOS. The average Bonchev–Trinajstić information content (AvgIpc) is 2.87. The second kappa shape index (κ2) is 4.98. The Hall–Kier alpha value is -2.33. The number of hydrogen-bond donors (Lipinski definition) is 0. The van der Waals surface area contributed by atoms with Crippen molar-refractivity contribution in [2.75, 3.05) is 0 Å². The lowest BCUT2D eigenvalue weighted by Crippen LogP contribution is -1.92. The Morgan fingerprint density at radius 1 is 1.25 bits per heavy atom. The summed E-state index contributed by atoms with van der Waals surface area (Å²) >= 11 is 1.33. The molecule has 0 amide bonds. The van der Waals surface area contributed by atoms with Crippen molar-refractivity contribution < 1.29 is 9.18 Å². The normalized spacial score (nSPS) is 10.7. The van der Waals surface area contributed by atoms with Gasteiger partial charge < -0.3 is 0 Å². The fourth-order valence-corrected chi connectivity index (χ4v) is 3.20. The quantitative estimate of drug-likeness (QED) is 0.524. The number of carbonyl (C=O) groups is 1. The molecule has 20 heavy (non-hydrogen) atoms. The van der Waals surface area contributed by atoms with E-state index in [1.807, 2.05) is 12.1 Å². The van der Waals surface area contributed by atoms with Crippen molar-refractivity contribution in [1.29, 1.82) is 0 Å². The van der Waals surface area contributed by atoms with Gasteiger partial charge in [-0.2, -0.15) is 0 Å². The topological polar surface area (TPSA) is 30.0 Å². The number of nitrogens with zero attached hydrogens (tertiary/aromatic N) is 1. The van der Waals surface area contributed by atoms with E-state index in [0.717, 1.165) is 21.3 Å². The van der Waals surface area contributed by atoms with Gasteiger partial charge in [0.05, 0.1) is 4.88 Å². The number of rotatable bonds is 3. The van der Waals surface area contributed by atoms with Gasteiger partial charge in [0.25, 0.3) is 0 Å². The molecule has 0 saturated heterocycles. The molecule has 0 aliphatic rings. The summed E-state index contributed by atoms with van der Waals surface area (Å²) in [4.78, 5) is 17.7. The lowest BCUT2D eigenvalue weighted by Gasteiger charge is -2.02. The molecule has 1 aromatic carbocycles. The molecule has 0 saturated carbocycles. The summed E-state index contributed by atoms with van der Waals surface area (Å²) in [7, 11) is 0. The van der Waals surface area contributed by atoms with Gasteiger partial charge in [-0.3, -0.25) is 4.79 Å². The molecule has 0 aliphatic carbocycles. The molecule has 0 radical (unpaired) electrons. The van der Waals surface area contributed by atoms with E-state index < -0.39 is 0 Å². The molecule has 2 heterocycles. The third kappa shape index (κ3) is 2.04. The van der Waals surface area contributed by atoms with Crippen molar-refractivity contribution in [1.82, 2.24) is 4.98 Å². The van der Waals surface area contributed by atoms with E-state index in [2.05, 4.69) is 11.6 Å². The van der Waals surface area contributed by atoms with Gasteiger partial charge in [-0.15, -0.1) is 11.3 Å². The van der Waals surface area contributed by atoms with E-state index in [1.165, 1.54) is 29.5 Å². The van der Waals surface area contributed by atoms with Crippen LogP contribution in [0.3, 0.4) is 0 Å². The van der Waals surface area contributed by atoms with Gasteiger partial charge in [0.15, 0.2) is 5.78 Å². The molecule has 3 aromatic rings. The summed E-state index contributed by atoms with van der Waals surface area (Å²) in [6, 6.07) is 9.85. The second-order valence-corrected chi connectivity index (χ2v) is 5.24. The van der Waals surface area contributed by atoms with Crippen LogP contribution >= 0.6 is 11.3 Å². The van der Waals surface area contributed by atoms with E-state index in [9.17, 15) is 9.18 Å². The van der Waals surface area contributed by atoms with Crippen LogP contribution < -0.4 is 0 Å². The van der Waals surface area contributed by atoms with Gasteiger partial charge in [0.1, 0.15) is 10.6 Å². The van der Waals surface area contributed by atoms with Gasteiger partial charge >= 0.3 is 0 Å². The Morgan fingerprint density at radius 2 is 2.00 bits per heavy atom. The summed E-state index contributed by atoms with van der Waals surface area (Å²) < 4.78 is 13.1. The molecule has 98 valence electrons. The summed E-state index contributed by atoms with van der Waals surface area (Å²) in [5.74, 6) is -0.449. The number of ketones is 1. The molecule has 0 aliphatic heterocycles. The Bertz CT molecular complexity index is 805. The van der Waals surface area contributed by atoms with Crippen LogP contribution in [0.5, 0.6) is 0 Å². The standard InChI is InChI=1S/C16H10FNOS/c1-2-13(19)15-14(10-5-7-11(17)8-6-10)12-4-3-9-18-16(12)20-15/h2-9H,1H2. The number of halogens is 1. The highest BCUT2D eigenvalue weighted by Gasteiger charge is 2.18. The van der Waals surface area contributed by atoms with E-state index in [1.54, 1.807) is 18.3 Å². The number of pyridine rings is 1. The van der Waals surface area contributed by atoms with Crippen LogP contribution in [0.15, 0.2) is 55.3 Å². The molecule has 0 fully saturated rings. The first kappa shape index (κ1) is 12.7. The largest absolute Gasteiger partial charge is 0.288 e. The summed E-state index contributed by atoms with van der Waals surface area (Å²) in [5.41, 5.74) is 1.60. The highest BCUT2D eigenvalue weighted by molar-refractivity contribution is 7.21. The van der Waals surface area contributed by atoms with Crippen molar-refractivity contribution >= 4 is 27.3 Å². The van der Waals surface area contributed by atoms with Crippen LogP contribution in [0.25, 0.3) is 21.3 Å². The van der Waals surface area contributed by atoms with E-state index in [-0.39, 0.29) is 11.6 Å². The van der Waals surface area contributed by atoms with Crippen molar-refractivity contribution in [3.63, 3.8) is 0 Å². The number of allylic oxidation sites excluding steroid dienone is 1. The van der Waals surface area contributed by atoms with Gasteiger partial charge in [-0.1, -0.05) is 18.7 Å². The van der Waals surface area contributed by atoms with Crippen LogP contribution in [0, 0.1) is 5.82 Å². The van der Waals surface area contributed by atoms with E-state index in [0.29, 0.717) is 4.88 Å². The van der Waals surface area contributed by atoms with Gasteiger partial charge in [0, 0.05) is 17.1 Å². The monoisotopic (exact) mass is 283 g/mol. The smallest absolute Gasteiger partial charge is 0.195 e. The summed E-state index contributed by atoms with van der Waals surface area (Å²) in [6.45, 7) is 3.53. The number of benzene rings is 1. The van der Waals surface area contributed by atoms with Gasteiger partial charge in [-0.05, 0) is 35.9 Å². The minimum absolute atomic E-state index is 0.146. The highest BCUT2D eigenvalue weighted by Crippen LogP contribution is 2.38. The fourth-order valence-electron chi connectivity index (χ4n) is 2.10. The third-order valence-corrected chi connectivity index (χ3v) is 4.14. The predicted molar refractivity (Wildman–Crippen MR) is 79.5 cm³/mol. The van der Waals surface area contributed by atoms with Gasteiger partial charge in [-0.25, -0.2) is 9.37 Å². The molecule has 0 bridgehead atoms. The molecule has 0 spiro atoms. The Balaban J connectivity index is 2.33. The Morgan fingerprint density at radius 3 is 2.70 bits per heavy atom. The molecule has 2 aromatic heterocycles. The van der Waals surface area contributed by atoms with Crippen LogP contribution in [0.4, 0.5) is 4.39 Å². The minimum atomic E-state index is -0.303. The number of hydrogen-bond acceptors (Lipinski definition) is 3. The zero-order valence-electron chi connectivity index (χ0n) is 10.5. The first-order chi connectivity index (χ1) is 9.70. The lowest BCUT2D eigenvalue weighted by molar-refractivity contribution is 0.105. The Kier molecular flexibility index (Phi) is 3.16. The van der Waals surface area contributed by atoms with Crippen molar-refractivity contribution in [2.24, 2.45) is 0 Å². The molecule has 2 nitrogen and oxygen atoms in total. The SMILES string of the molecule is C=CC(=O)c1sc2ncccc2c1-c1ccc(F)cc1. The second-order valence-electron chi connectivity index (χ2n) is 4.24. The number of thiophene rings is 1. The fraction of sp³-hybridized carbons (Fsp3) is 0. The predicted octanol–water partition coefficient (Wildman–Crippen LogP) is 4.47. The summed E-state index contributed by atoms with van der Waals surface area (Å²) in [5, 5.41) is 0.898. The zero-order valence-corrected chi connectivity index (χ0v) is 11.3. The Labute approximate surface area is 119 Å². The highest BCUT2D eigenvalue weighted by atomic mass is 32.1. The molecule has 0 atom stereocenters. The minimum Gasteiger partial charge on any atom is -0.288 e. The molecule has 0 unspecified atom stereocenters. The molecule has 3 rings (SSSR count). The van der Waals surface area contributed by atoms with Gasteiger partial charge in [0.2, 0.25) is 0 Å². The zero-order chi connectivity index (χ0) is 14.1. The molecule has 4 heteroatoms. The van der Waals surface area contributed by atoms with Crippen molar-refractivity contribution in [2.45, 2.75) is 0 Å². The number of fused-ring (bicyclic) bond motifs is 1. The number of carbonyl (C=O) groups excluding carboxylic acids is 1. The molecular weight excluding hydrogens is 273 g/mol. The number of aromatic nitrogens is 1. The van der Waals surface area contributed by atoms with E-state index >= 15 is 0 Å². The third-order valence-electron chi connectivity index (χ3n) is 3.01. The lowest BCUT2D eigenvalue weighted by atomic mass is 10.0.